The molecule has 7 rings (SSSR count). The Kier molecular flexibility index (Phi) is 5.86. The van der Waals surface area contributed by atoms with Crippen molar-refractivity contribution in [3.8, 4) is 28.2 Å². The Labute approximate surface area is 241 Å². The second-order valence-corrected chi connectivity index (χ2v) is 12.3. The Hall–Kier alpha value is -4.63. The van der Waals surface area contributed by atoms with E-state index in [-0.39, 0.29) is 5.41 Å². The van der Waals surface area contributed by atoms with Crippen LogP contribution in [-0.4, -0.2) is 9.55 Å². The summed E-state index contributed by atoms with van der Waals surface area (Å²) in [7, 11) is 0. The van der Waals surface area contributed by atoms with E-state index in [0.29, 0.717) is 5.92 Å². The van der Waals surface area contributed by atoms with Crippen molar-refractivity contribution < 1.29 is 4.42 Å². The standard InChI is InChI=1S/C38H34N2O/c1-24(2)26-16-19-35-29(21-26)30-22-28(17-20-36(30)41-35)37-39-32-13-9-10-14-34(32)40(37)33-18-15-27(23-31(33)38(3,4)5)25-11-7-6-8-12-25/h6-24H,1-5H3. The van der Waals surface area contributed by atoms with Crippen LogP contribution in [0.3, 0.4) is 0 Å². The van der Waals surface area contributed by atoms with Gasteiger partial charge in [0.1, 0.15) is 17.0 Å². The van der Waals surface area contributed by atoms with Crippen LogP contribution in [0.25, 0.3) is 61.2 Å². The van der Waals surface area contributed by atoms with E-state index in [1.807, 2.05) is 0 Å². The molecule has 2 heterocycles. The largest absolute Gasteiger partial charge is 0.456 e. The quantitative estimate of drug-likeness (QED) is 0.225. The third-order valence-corrected chi connectivity index (χ3v) is 8.13. The first-order valence-electron chi connectivity index (χ1n) is 14.4. The third-order valence-electron chi connectivity index (χ3n) is 8.13. The molecular formula is C38H34N2O. The van der Waals surface area contributed by atoms with Crippen LogP contribution < -0.4 is 0 Å². The zero-order valence-corrected chi connectivity index (χ0v) is 24.3. The van der Waals surface area contributed by atoms with Gasteiger partial charge in [-0.3, -0.25) is 4.57 Å². The Morgan fingerprint density at radius 2 is 1.34 bits per heavy atom. The second kappa shape index (κ2) is 9.49. The highest BCUT2D eigenvalue weighted by Gasteiger charge is 2.24. The van der Waals surface area contributed by atoms with Crippen molar-refractivity contribution in [2.45, 2.75) is 46.0 Å². The van der Waals surface area contributed by atoms with E-state index in [4.69, 9.17) is 9.40 Å². The van der Waals surface area contributed by atoms with Gasteiger partial charge in [0.05, 0.1) is 16.7 Å². The van der Waals surface area contributed by atoms with Crippen LogP contribution in [0.2, 0.25) is 0 Å². The molecule has 202 valence electrons. The normalized spacial score (nSPS) is 12.2. The second-order valence-electron chi connectivity index (χ2n) is 12.3. The van der Waals surface area contributed by atoms with Gasteiger partial charge in [-0.25, -0.2) is 4.98 Å². The van der Waals surface area contributed by atoms with Gasteiger partial charge in [-0.05, 0) is 88.2 Å². The molecule has 7 aromatic rings. The molecule has 0 N–H and O–H groups in total. The third kappa shape index (κ3) is 4.33. The zero-order chi connectivity index (χ0) is 28.3. The van der Waals surface area contributed by atoms with Gasteiger partial charge in [0.15, 0.2) is 0 Å². The number of benzene rings is 5. The topological polar surface area (TPSA) is 31.0 Å². The van der Waals surface area contributed by atoms with Crippen molar-refractivity contribution in [3.63, 3.8) is 0 Å². The predicted octanol–water partition coefficient (Wildman–Crippen LogP) is 10.7. The molecule has 0 aliphatic heterocycles. The van der Waals surface area contributed by atoms with E-state index in [1.54, 1.807) is 0 Å². The molecule has 0 saturated carbocycles. The summed E-state index contributed by atoms with van der Waals surface area (Å²) in [6, 6.07) is 38.9. The fourth-order valence-electron chi connectivity index (χ4n) is 5.90. The van der Waals surface area contributed by atoms with Crippen LogP contribution in [0.4, 0.5) is 0 Å². The van der Waals surface area contributed by atoms with Gasteiger partial charge in [-0.1, -0.05) is 89.2 Å². The van der Waals surface area contributed by atoms with Gasteiger partial charge in [-0.2, -0.15) is 0 Å². The monoisotopic (exact) mass is 534 g/mol. The van der Waals surface area contributed by atoms with Crippen LogP contribution in [0.1, 0.15) is 51.7 Å². The van der Waals surface area contributed by atoms with Crippen LogP contribution in [-0.2, 0) is 5.41 Å². The van der Waals surface area contributed by atoms with Crippen molar-refractivity contribution in [1.82, 2.24) is 9.55 Å². The molecule has 0 spiro atoms. The molecule has 0 unspecified atom stereocenters. The molecule has 0 radical (unpaired) electrons. The molecule has 0 aliphatic carbocycles. The number of fused-ring (bicyclic) bond motifs is 4. The minimum atomic E-state index is -0.0826. The minimum Gasteiger partial charge on any atom is -0.456 e. The zero-order valence-electron chi connectivity index (χ0n) is 24.3. The van der Waals surface area contributed by atoms with E-state index in [1.165, 1.54) is 22.3 Å². The van der Waals surface area contributed by atoms with Crippen molar-refractivity contribution in [2.24, 2.45) is 0 Å². The number of aromatic nitrogens is 2. The summed E-state index contributed by atoms with van der Waals surface area (Å²) in [5.74, 6) is 1.38. The molecule has 0 bridgehead atoms. The number of rotatable bonds is 4. The van der Waals surface area contributed by atoms with Crippen LogP contribution in [0.15, 0.2) is 114 Å². The average Bonchev–Trinajstić information content (AvgIpc) is 3.54. The Balaban J connectivity index is 1.49. The highest BCUT2D eigenvalue weighted by molar-refractivity contribution is 6.06. The first kappa shape index (κ1) is 25.3. The highest BCUT2D eigenvalue weighted by Crippen LogP contribution is 2.39. The molecule has 0 fully saturated rings. The first-order valence-corrected chi connectivity index (χ1v) is 14.4. The molecular weight excluding hydrogens is 500 g/mol. The summed E-state index contributed by atoms with van der Waals surface area (Å²) in [4.78, 5) is 5.21. The number of hydrogen-bond acceptors (Lipinski definition) is 2. The Morgan fingerprint density at radius 1 is 0.659 bits per heavy atom. The van der Waals surface area contributed by atoms with Crippen LogP contribution >= 0.6 is 0 Å². The number of furan rings is 1. The molecule has 0 saturated heterocycles. The fraction of sp³-hybridized carbons (Fsp3) is 0.184. The highest BCUT2D eigenvalue weighted by atomic mass is 16.3. The van der Waals surface area contributed by atoms with E-state index in [2.05, 4.69) is 148 Å². The summed E-state index contributed by atoms with van der Waals surface area (Å²) < 4.78 is 8.58. The molecule has 41 heavy (non-hydrogen) atoms. The van der Waals surface area contributed by atoms with Gasteiger partial charge >= 0.3 is 0 Å². The Morgan fingerprint density at radius 3 is 2.10 bits per heavy atom. The maximum Gasteiger partial charge on any atom is 0.145 e. The molecule has 3 nitrogen and oxygen atoms in total. The lowest BCUT2D eigenvalue weighted by atomic mass is 9.84. The Bertz CT molecular complexity index is 2050. The minimum absolute atomic E-state index is 0.0826. The lowest BCUT2D eigenvalue weighted by Crippen LogP contribution is -2.16. The molecule has 5 aromatic carbocycles. The maximum atomic E-state index is 6.24. The van der Waals surface area contributed by atoms with E-state index >= 15 is 0 Å². The van der Waals surface area contributed by atoms with E-state index in [0.717, 1.165) is 50.0 Å². The maximum absolute atomic E-state index is 6.24. The molecule has 3 heteroatoms. The molecule has 0 atom stereocenters. The summed E-state index contributed by atoms with van der Waals surface area (Å²) in [5.41, 5.74) is 11.1. The van der Waals surface area contributed by atoms with E-state index < -0.39 is 0 Å². The smallest absolute Gasteiger partial charge is 0.145 e. The summed E-state index contributed by atoms with van der Waals surface area (Å²) >= 11 is 0. The first-order chi connectivity index (χ1) is 19.8. The number of nitrogens with zero attached hydrogens (tertiary/aromatic N) is 2. The van der Waals surface area contributed by atoms with Crippen molar-refractivity contribution in [2.75, 3.05) is 0 Å². The van der Waals surface area contributed by atoms with Gasteiger partial charge < -0.3 is 4.42 Å². The number of para-hydroxylation sites is 2. The van der Waals surface area contributed by atoms with Crippen molar-refractivity contribution in [1.29, 1.82) is 0 Å². The number of imidazole rings is 1. The van der Waals surface area contributed by atoms with Gasteiger partial charge in [0, 0.05) is 16.3 Å². The summed E-state index contributed by atoms with van der Waals surface area (Å²) in [5, 5.41) is 2.27. The predicted molar refractivity (Wildman–Crippen MR) is 172 cm³/mol. The molecule has 0 amide bonds. The number of hydrogen-bond donors (Lipinski definition) is 0. The van der Waals surface area contributed by atoms with Crippen molar-refractivity contribution >= 4 is 33.0 Å². The van der Waals surface area contributed by atoms with Crippen LogP contribution in [0, 0.1) is 0 Å². The average molecular weight is 535 g/mol. The lowest BCUT2D eigenvalue weighted by Gasteiger charge is -2.25. The summed E-state index contributed by atoms with van der Waals surface area (Å²) in [6.45, 7) is 11.3. The van der Waals surface area contributed by atoms with Crippen LogP contribution in [0.5, 0.6) is 0 Å². The van der Waals surface area contributed by atoms with Crippen molar-refractivity contribution in [3.05, 3.63) is 120 Å². The molecule has 2 aromatic heterocycles. The van der Waals surface area contributed by atoms with Gasteiger partial charge in [0.2, 0.25) is 0 Å². The molecule has 0 aliphatic rings. The lowest BCUT2D eigenvalue weighted by molar-refractivity contribution is 0.587. The van der Waals surface area contributed by atoms with Gasteiger partial charge in [-0.15, -0.1) is 0 Å². The van der Waals surface area contributed by atoms with E-state index in [9.17, 15) is 0 Å². The SMILES string of the molecule is CC(C)c1ccc2oc3ccc(-c4nc5ccccc5n4-c4ccc(-c5ccccc5)cc4C(C)(C)C)cc3c2c1. The fourth-order valence-corrected chi connectivity index (χ4v) is 5.90. The van der Waals surface area contributed by atoms with Gasteiger partial charge in [0.25, 0.3) is 0 Å². The summed E-state index contributed by atoms with van der Waals surface area (Å²) in [6.07, 6.45) is 0.